The molecule has 1 atom stereocenters. The van der Waals surface area contributed by atoms with E-state index >= 15 is 0 Å². The lowest BCUT2D eigenvalue weighted by Crippen LogP contribution is -2.48. The van der Waals surface area contributed by atoms with E-state index in [0.717, 1.165) is 24.0 Å². The Hall–Kier alpha value is -2.46. The second kappa shape index (κ2) is 13.2. The molecule has 0 unspecified atom stereocenters. The number of halogens is 1. The van der Waals surface area contributed by atoms with Crippen molar-refractivity contribution in [3.63, 3.8) is 0 Å². The molecule has 1 heterocycles. The molecular weight excluding hydrogens is 502 g/mol. The second-order valence-electron chi connectivity index (χ2n) is 8.86. The predicted octanol–water partition coefficient (Wildman–Crippen LogP) is 3.24. The molecule has 2 amide bonds. The van der Waals surface area contributed by atoms with Gasteiger partial charge in [-0.25, -0.2) is 8.42 Å². The van der Waals surface area contributed by atoms with Crippen LogP contribution in [0.4, 0.5) is 0 Å². The normalized spacial score (nSPS) is 15.0. The lowest BCUT2D eigenvalue weighted by atomic mass is 10.1. The largest absolute Gasteiger partial charge is 0.383 e. The van der Waals surface area contributed by atoms with Gasteiger partial charge >= 0.3 is 0 Å². The van der Waals surface area contributed by atoms with Gasteiger partial charge in [0.25, 0.3) is 0 Å². The molecule has 0 spiro atoms. The van der Waals surface area contributed by atoms with E-state index in [-0.39, 0.29) is 29.7 Å². The summed E-state index contributed by atoms with van der Waals surface area (Å²) >= 11 is 5.99. The fourth-order valence-electron chi connectivity index (χ4n) is 4.09. The van der Waals surface area contributed by atoms with Crippen LogP contribution in [0.2, 0.25) is 5.02 Å². The van der Waals surface area contributed by atoms with Crippen molar-refractivity contribution in [2.24, 2.45) is 0 Å². The quantitative estimate of drug-likeness (QED) is 0.421. The van der Waals surface area contributed by atoms with E-state index in [1.807, 2.05) is 12.1 Å². The molecular formula is C26H34ClN3O5S. The Morgan fingerprint density at radius 2 is 1.67 bits per heavy atom. The second-order valence-corrected chi connectivity index (χ2v) is 11.2. The summed E-state index contributed by atoms with van der Waals surface area (Å²) in [4.78, 5) is 27.8. The molecule has 1 fully saturated rings. The summed E-state index contributed by atoms with van der Waals surface area (Å²) in [7, 11) is -1.92. The maximum atomic E-state index is 13.3. The monoisotopic (exact) mass is 535 g/mol. The fourth-order valence-corrected chi connectivity index (χ4v) is 5.74. The van der Waals surface area contributed by atoms with E-state index < -0.39 is 16.1 Å². The number of hydrogen-bond acceptors (Lipinski definition) is 5. The zero-order valence-corrected chi connectivity index (χ0v) is 22.4. The van der Waals surface area contributed by atoms with Crippen LogP contribution in [0.3, 0.4) is 0 Å². The first-order chi connectivity index (χ1) is 17.2. The third-order valence-corrected chi connectivity index (χ3v) is 8.46. The number of ether oxygens (including phenoxy) is 1. The lowest BCUT2D eigenvalue weighted by Gasteiger charge is -2.29. The smallest absolute Gasteiger partial charge is 0.243 e. The van der Waals surface area contributed by atoms with Crippen LogP contribution in [0.1, 0.15) is 37.3 Å². The molecule has 1 N–H and O–H groups in total. The molecule has 2 aromatic rings. The molecule has 10 heteroatoms. The van der Waals surface area contributed by atoms with Gasteiger partial charge in [0.2, 0.25) is 21.8 Å². The number of nitrogens with one attached hydrogen (secondary N) is 1. The zero-order chi connectivity index (χ0) is 26.1. The van der Waals surface area contributed by atoms with Gasteiger partial charge in [-0.3, -0.25) is 9.59 Å². The average Bonchev–Trinajstić information content (AvgIpc) is 3.43. The minimum absolute atomic E-state index is 0.173. The standard InChI is InChI=1S/C26H34ClN3O5S/c1-20(26(32)28-15-18-35-2)30(19-22-5-10-23(27)11-6-22)25(31)14-9-21-7-12-24(13-8-21)36(33,34)29-16-3-4-17-29/h5-8,10-13,20H,3-4,9,14-19H2,1-2H3,(H,28,32)/t20-/m0/s1. The average molecular weight is 536 g/mol. The number of aryl methyl sites for hydroxylation is 1. The summed E-state index contributed by atoms with van der Waals surface area (Å²) in [6.07, 6.45) is 2.38. The van der Waals surface area contributed by atoms with Crippen LogP contribution < -0.4 is 5.32 Å². The van der Waals surface area contributed by atoms with Crippen molar-refractivity contribution in [3.05, 3.63) is 64.7 Å². The molecule has 0 aromatic heterocycles. The highest BCUT2D eigenvalue weighted by molar-refractivity contribution is 7.89. The Bertz CT molecular complexity index is 1120. The molecule has 196 valence electrons. The Morgan fingerprint density at radius 1 is 1.06 bits per heavy atom. The number of rotatable bonds is 12. The molecule has 1 aliphatic heterocycles. The maximum absolute atomic E-state index is 13.3. The zero-order valence-electron chi connectivity index (χ0n) is 20.8. The first kappa shape index (κ1) is 28.1. The van der Waals surface area contributed by atoms with Crippen molar-refractivity contribution in [3.8, 4) is 0 Å². The van der Waals surface area contributed by atoms with Gasteiger partial charge in [-0.2, -0.15) is 4.31 Å². The van der Waals surface area contributed by atoms with Gasteiger partial charge in [0.05, 0.1) is 11.5 Å². The number of amides is 2. The van der Waals surface area contributed by atoms with Crippen molar-refractivity contribution in [1.29, 1.82) is 0 Å². The van der Waals surface area contributed by atoms with Crippen LogP contribution in [0.25, 0.3) is 0 Å². The van der Waals surface area contributed by atoms with Crippen LogP contribution in [-0.4, -0.2) is 68.8 Å². The van der Waals surface area contributed by atoms with E-state index in [1.54, 1.807) is 55.3 Å². The van der Waals surface area contributed by atoms with E-state index in [1.165, 1.54) is 4.31 Å². The van der Waals surface area contributed by atoms with Gasteiger partial charge in [0.1, 0.15) is 6.04 Å². The van der Waals surface area contributed by atoms with E-state index in [2.05, 4.69) is 5.32 Å². The third-order valence-electron chi connectivity index (χ3n) is 6.29. The lowest BCUT2D eigenvalue weighted by molar-refractivity contribution is -0.140. The van der Waals surface area contributed by atoms with Crippen LogP contribution in [0, 0.1) is 0 Å². The van der Waals surface area contributed by atoms with Crippen molar-refractivity contribution < 1.29 is 22.7 Å². The van der Waals surface area contributed by atoms with E-state index in [0.29, 0.717) is 37.7 Å². The maximum Gasteiger partial charge on any atom is 0.243 e. The molecule has 36 heavy (non-hydrogen) atoms. The van der Waals surface area contributed by atoms with Crippen LogP contribution in [0.5, 0.6) is 0 Å². The minimum atomic E-state index is -3.47. The minimum Gasteiger partial charge on any atom is -0.383 e. The Labute approximate surface area is 218 Å². The molecule has 0 bridgehead atoms. The van der Waals surface area contributed by atoms with Gasteiger partial charge in [-0.05, 0) is 61.6 Å². The molecule has 0 aliphatic carbocycles. The number of methoxy groups -OCH3 is 1. The SMILES string of the molecule is COCCNC(=O)[C@H](C)N(Cc1ccc(Cl)cc1)C(=O)CCc1ccc(S(=O)(=O)N2CCCC2)cc1. The van der Waals surface area contributed by atoms with Crippen molar-refractivity contribution in [2.45, 2.75) is 50.1 Å². The molecule has 8 nitrogen and oxygen atoms in total. The van der Waals surface area contributed by atoms with Gasteiger partial charge < -0.3 is 15.0 Å². The van der Waals surface area contributed by atoms with E-state index in [4.69, 9.17) is 16.3 Å². The number of carbonyl (C=O) groups is 2. The van der Waals surface area contributed by atoms with Crippen molar-refractivity contribution >= 4 is 33.4 Å². The Kier molecular flexibility index (Phi) is 10.3. The molecule has 0 saturated carbocycles. The Morgan fingerprint density at radius 3 is 2.28 bits per heavy atom. The molecule has 0 radical (unpaired) electrons. The summed E-state index contributed by atoms with van der Waals surface area (Å²) in [6, 6.07) is 13.2. The van der Waals surface area contributed by atoms with E-state index in [9.17, 15) is 18.0 Å². The third kappa shape index (κ3) is 7.52. The van der Waals surface area contributed by atoms with Crippen LogP contribution in [-0.2, 0) is 37.3 Å². The highest BCUT2D eigenvalue weighted by atomic mass is 35.5. The first-order valence-corrected chi connectivity index (χ1v) is 13.9. The first-order valence-electron chi connectivity index (χ1n) is 12.1. The van der Waals surface area contributed by atoms with Gasteiger partial charge in [-0.1, -0.05) is 35.9 Å². The summed E-state index contributed by atoms with van der Waals surface area (Å²) in [5.41, 5.74) is 1.72. The molecule has 2 aromatic carbocycles. The topological polar surface area (TPSA) is 96.0 Å². The van der Waals surface area contributed by atoms with Crippen LogP contribution >= 0.6 is 11.6 Å². The number of benzene rings is 2. The highest BCUT2D eigenvalue weighted by Crippen LogP contribution is 2.22. The van der Waals surface area contributed by atoms with Crippen molar-refractivity contribution in [1.82, 2.24) is 14.5 Å². The summed E-state index contributed by atoms with van der Waals surface area (Å²) in [6.45, 7) is 3.82. The van der Waals surface area contributed by atoms with Gasteiger partial charge in [-0.15, -0.1) is 0 Å². The molecule has 1 saturated heterocycles. The number of carbonyl (C=O) groups excluding carboxylic acids is 2. The summed E-state index contributed by atoms with van der Waals surface area (Å²) in [5, 5.41) is 3.39. The number of hydrogen-bond donors (Lipinski definition) is 1. The Balaban J connectivity index is 1.67. The summed E-state index contributed by atoms with van der Waals surface area (Å²) < 4.78 is 32.0. The highest BCUT2D eigenvalue weighted by Gasteiger charge is 2.28. The predicted molar refractivity (Wildman–Crippen MR) is 139 cm³/mol. The van der Waals surface area contributed by atoms with Gasteiger partial charge in [0.15, 0.2) is 0 Å². The summed E-state index contributed by atoms with van der Waals surface area (Å²) in [5.74, 6) is -0.432. The fraction of sp³-hybridized carbons (Fsp3) is 0.462. The number of sulfonamides is 1. The van der Waals surface area contributed by atoms with Crippen molar-refractivity contribution in [2.75, 3.05) is 33.4 Å². The van der Waals surface area contributed by atoms with Crippen LogP contribution in [0.15, 0.2) is 53.4 Å². The van der Waals surface area contributed by atoms with Gasteiger partial charge in [0, 0.05) is 44.7 Å². The molecule has 1 aliphatic rings. The molecule has 3 rings (SSSR count). The number of nitrogens with zero attached hydrogens (tertiary/aromatic N) is 2.